The smallest absolute Gasteiger partial charge is 0.416 e. The average Bonchev–Trinajstić information content (AvgIpc) is 3.18. The van der Waals surface area contributed by atoms with Crippen molar-refractivity contribution in [2.24, 2.45) is 4.99 Å². The fraction of sp³-hybridized carbons (Fsp3) is 0.421. The molecule has 2 aromatic rings. The molecule has 0 saturated carbocycles. The molecule has 3 N–H and O–H groups in total. The monoisotopic (exact) mass is 399 g/mol. The number of guanidine groups is 1. The molecule has 0 amide bonds. The Bertz CT molecular complexity index is 719. The first-order valence-electron chi connectivity index (χ1n) is 8.88. The first-order valence-corrected chi connectivity index (χ1v) is 8.88. The predicted octanol–water partition coefficient (Wildman–Crippen LogP) is 2.59. The Balaban J connectivity index is 1.93. The Morgan fingerprint density at radius 2 is 1.93 bits per heavy atom. The fourth-order valence-corrected chi connectivity index (χ4v) is 2.36. The lowest BCUT2D eigenvalue weighted by atomic mass is 10.1. The Morgan fingerprint density at radius 1 is 1.11 bits per heavy atom. The van der Waals surface area contributed by atoms with Gasteiger partial charge in [0.05, 0.1) is 38.2 Å². The van der Waals surface area contributed by atoms with Crippen LogP contribution in [0.2, 0.25) is 0 Å². The minimum atomic E-state index is -4.38. The van der Waals surface area contributed by atoms with Gasteiger partial charge in [-0.25, -0.2) is 4.99 Å². The number of benzene rings is 1. The third kappa shape index (κ3) is 8.01. The Labute approximate surface area is 161 Å². The highest BCUT2D eigenvalue weighted by Crippen LogP contribution is 2.29. The van der Waals surface area contributed by atoms with Gasteiger partial charge in [0.15, 0.2) is 5.96 Å². The van der Waals surface area contributed by atoms with E-state index in [1.54, 1.807) is 18.4 Å². The number of ether oxygens (including phenoxy) is 1. The summed E-state index contributed by atoms with van der Waals surface area (Å²) in [5, 5.41) is 14.9. The molecule has 0 aliphatic carbocycles. The molecule has 0 aliphatic rings. The molecule has 9 heteroatoms. The summed E-state index contributed by atoms with van der Waals surface area (Å²) in [5.74, 6) is 1.27. The normalized spacial score (nSPS) is 12.2. The number of aliphatic hydroxyl groups is 1. The van der Waals surface area contributed by atoms with Crippen LogP contribution in [0.5, 0.6) is 0 Å². The van der Waals surface area contributed by atoms with Crippen molar-refractivity contribution in [2.75, 3.05) is 32.9 Å². The van der Waals surface area contributed by atoms with Crippen LogP contribution in [-0.4, -0.2) is 44.0 Å². The van der Waals surface area contributed by atoms with Gasteiger partial charge in [-0.3, -0.25) is 0 Å². The zero-order chi connectivity index (χ0) is 20.2. The molecule has 2 rings (SSSR count). The van der Waals surface area contributed by atoms with Gasteiger partial charge < -0.3 is 24.9 Å². The summed E-state index contributed by atoms with van der Waals surface area (Å²) in [5.41, 5.74) is -0.239. The molecule has 1 aromatic heterocycles. The summed E-state index contributed by atoms with van der Waals surface area (Å²) in [6.07, 6.45) is -2.15. The SMILES string of the molecule is OCCOCCNC(=NCc1cccc(C(F)(F)F)c1)NCCc1ccco1. The summed E-state index contributed by atoms with van der Waals surface area (Å²) in [6.45, 7) is 1.62. The minimum Gasteiger partial charge on any atom is -0.469 e. The average molecular weight is 399 g/mol. The maximum atomic E-state index is 12.8. The highest BCUT2D eigenvalue weighted by atomic mass is 19.4. The van der Waals surface area contributed by atoms with E-state index < -0.39 is 11.7 Å². The van der Waals surface area contributed by atoms with Crippen molar-refractivity contribution in [3.8, 4) is 0 Å². The number of halogens is 3. The number of hydrogen-bond acceptors (Lipinski definition) is 4. The Kier molecular flexibility index (Phi) is 8.83. The maximum Gasteiger partial charge on any atom is 0.416 e. The number of aliphatic hydroxyl groups excluding tert-OH is 1. The highest BCUT2D eigenvalue weighted by molar-refractivity contribution is 5.79. The maximum absolute atomic E-state index is 12.8. The van der Waals surface area contributed by atoms with Gasteiger partial charge in [0.1, 0.15) is 5.76 Å². The summed E-state index contributed by atoms with van der Waals surface area (Å²) >= 11 is 0. The van der Waals surface area contributed by atoms with Gasteiger partial charge in [-0.1, -0.05) is 12.1 Å². The molecule has 0 atom stereocenters. The van der Waals surface area contributed by atoms with Gasteiger partial charge in [0.25, 0.3) is 0 Å². The van der Waals surface area contributed by atoms with Crippen molar-refractivity contribution in [1.29, 1.82) is 0 Å². The molecule has 1 aromatic carbocycles. The minimum absolute atomic E-state index is 0.0576. The third-order valence-electron chi connectivity index (χ3n) is 3.69. The molecule has 0 aliphatic heterocycles. The van der Waals surface area contributed by atoms with E-state index in [2.05, 4.69) is 15.6 Å². The second kappa shape index (κ2) is 11.4. The van der Waals surface area contributed by atoms with E-state index in [1.807, 2.05) is 6.07 Å². The second-order valence-corrected chi connectivity index (χ2v) is 5.88. The standard InChI is InChI=1S/C19H24F3N3O3/c20-19(21,22)16-4-1-3-15(13-16)14-25-18(24-8-11-27-12-9-26)23-7-6-17-5-2-10-28-17/h1-5,10,13,26H,6-9,11-12,14H2,(H2,23,24,25). The molecule has 1 heterocycles. The Morgan fingerprint density at radius 3 is 2.64 bits per heavy atom. The van der Waals surface area contributed by atoms with E-state index >= 15 is 0 Å². The van der Waals surface area contributed by atoms with Crippen LogP contribution in [0.4, 0.5) is 13.2 Å². The van der Waals surface area contributed by atoms with Crippen molar-refractivity contribution in [3.05, 3.63) is 59.5 Å². The fourth-order valence-electron chi connectivity index (χ4n) is 2.36. The topological polar surface area (TPSA) is 79.0 Å². The van der Waals surface area contributed by atoms with Crippen molar-refractivity contribution in [2.45, 2.75) is 19.1 Å². The zero-order valence-electron chi connectivity index (χ0n) is 15.3. The first kappa shape index (κ1) is 21.8. The number of aliphatic imine (C=N–C) groups is 1. The van der Waals surface area contributed by atoms with E-state index in [4.69, 9.17) is 14.3 Å². The van der Waals surface area contributed by atoms with E-state index in [0.29, 0.717) is 37.6 Å². The largest absolute Gasteiger partial charge is 0.469 e. The van der Waals surface area contributed by atoms with Crippen LogP contribution in [-0.2, 0) is 23.9 Å². The summed E-state index contributed by atoms with van der Waals surface area (Å²) < 4.78 is 48.9. The molecule has 28 heavy (non-hydrogen) atoms. The van der Waals surface area contributed by atoms with Crippen LogP contribution >= 0.6 is 0 Å². The van der Waals surface area contributed by atoms with Crippen molar-refractivity contribution >= 4 is 5.96 Å². The molecule has 0 saturated heterocycles. The number of nitrogens with zero attached hydrogens (tertiary/aromatic N) is 1. The van der Waals surface area contributed by atoms with Crippen LogP contribution in [0, 0.1) is 0 Å². The number of alkyl halides is 3. The van der Waals surface area contributed by atoms with Gasteiger partial charge in [-0.05, 0) is 29.8 Å². The highest BCUT2D eigenvalue weighted by Gasteiger charge is 2.30. The van der Waals surface area contributed by atoms with E-state index in [9.17, 15) is 13.2 Å². The van der Waals surface area contributed by atoms with E-state index in [1.165, 1.54) is 6.07 Å². The molecule has 6 nitrogen and oxygen atoms in total. The molecule has 0 spiro atoms. The van der Waals surface area contributed by atoms with Gasteiger partial charge in [0.2, 0.25) is 0 Å². The van der Waals surface area contributed by atoms with Crippen LogP contribution in [0.15, 0.2) is 52.1 Å². The van der Waals surface area contributed by atoms with Crippen LogP contribution in [0.25, 0.3) is 0 Å². The second-order valence-electron chi connectivity index (χ2n) is 5.88. The summed E-state index contributed by atoms with van der Waals surface area (Å²) in [7, 11) is 0. The lowest BCUT2D eigenvalue weighted by Crippen LogP contribution is -2.40. The lowest BCUT2D eigenvalue weighted by Gasteiger charge is -2.13. The number of nitrogens with one attached hydrogen (secondary N) is 2. The molecule has 0 radical (unpaired) electrons. The summed E-state index contributed by atoms with van der Waals surface area (Å²) in [6, 6.07) is 8.75. The van der Waals surface area contributed by atoms with Gasteiger partial charge in [0, 0.05) is 19.5 Å². The van der Waals surface area contributed by atoms with Crippen molar-refractivity contribution in [1.82, 2.24) is 10.6 Å². The first-order chi connectivity index (χ1) is 13.5. The van der Waals surface area contributed by atoms with E-state index in [-0.39, 0.29) is 19.8 Å². The number of rotatable bonds is 10. The predicted molar refractivity (Wildman–Crippen MR) is 98.9 cm³/mol. The van der Waals surface area contributed by atoms with Crippen molar-refractivity contribution in [3.63, 3.8) is 0 Å². The Hall–Kier alpha value is -2.52. The van der Waals surface area contributed by atoms with Crippen LogP contribution < -0.4 is 10.6 Å². The number of furan rings is 1. The molecular formula is C19H24F3N3O3. The molecular weight excluding hydrogens is 375 g/mol. The van der Waals surface area contributed by atoms with Crippen LogP contribution in [0.1, 0.15) is 16.9 Å². The van der Waals surface area contributed by atoms with E-state index in [0.717, 1.165) is 17.9 Å². The van der Waals surface area contributed by atoms with Gasteiger partial charge >= 0.3 is 6.18 Å². The van der Waals surface area contributed by atoms with Gasteiger partial charge in [-0.2, -0.15) is 13.2 Å². The molecule has 154 valence electrons. The van der Waals surface area contributed by atoms with Gasteiger partial charge in [-0.15, -0.1) is 0 Å². The third-order valence-corrected chi connectivity index (χ3v) is 3.69. The zero-order valence-corrected chi connectivity index (χ0v) is 15.3. The molecule has 0 fully saturated rings. The molecule has 0 bridgehead atoms. The summed E-state index contributed by atoms with van der Waals surface area (Å²) in [4.78, 5) is 4.35. The number of hydrogen-bond donors (Lipinski definition) is 3. The van der Waals surface area contributed by atoms with Crippen LogP contribution in [0.3, 0.4) is 0 Å². The quantitative estimate of drug-likeness (QED) is 0.325. The molecule has 0 unspecified atom stereocenters. The lowest BCUT2D eigenvalue weighted by molar-refractivity contribution is -0.137. The van der Waals surface area contributed by atoms with Crippen molar-refractivity contribution < 1.29 is 27.4 Å².